The number of nitrogens with one attached hydrogen (secondary N) is 1. The van der Waals surface area contributed by atoms with Crippen molar-refractivity contribution in [3.05, 3.63) is 50.1 Å². The van der Waals surface area contributed by atoms with Crippen molar-refractivity contribution < 1.29 is 4.39 Å². The third-order valence-electron chi connectivity index (χ3n) is 2.77. The summed E-state index contributed by atoms with van der Waals surface area (Å²) in [4.78, 5) is 0. The zero-order chi connectivity index (χ0) is 13.3. The summed E-state index contributed by atoms with van der Waals surface area (Å²) in [6.45, 7) is 0. The monoisotopic (exact) mass is 379 g/mol. The van der Waals surface area contributed by atoms with Crippen LogP contribution in [-0.4, -0.2) is 16.8 Å². The molecule has 1 atom stereocenters. The Morgan fingerprint density at radius 1 is 1.50 bits per heavy atom. The van der Waals surface area contributed by atoms with Gasteiger partial charge in [0.15, 0.2) is 0 Å². The number of aryl methyl sites for hydroxylation is 1. The zero-order valence-electron chi connectivity index (χ0n) is 9.92. The first-order valence-electron chi connectivity index (χ1n) is 5.34. The van der Waals surface area contributed by atoms with Gasteiger partial charge in [0.05, 0.1) is 23.0 Å². The SMILES string of the molecule is CNC(c1ccc(F)cc1I)c1c(Cl)cnn1C. The van der Waals surface area contributed by atoms with Crippen molar-refractivity contribution in [1.29, 1.82) is 0 Å². The quantitative estimate of drug-likeness (QED) is 0.831. The van der Waals surface area contributed by atoms with Crippen molar-refractivity contribution in [1.82, 2.24) is 15.1 Å². The van der Waals surface area contributed by atoms with E-state index >= 15 is 0 Å². The lowest BCUT2D eigenvalue weighted by molar-refractivity contribution is 0.597. The third kappa shape index (κ3) is 2.53. The van der Waals surface area contributed by atoms with Gasteiger partial charge in [-0.05, 0) is 47.3 Å². The summed E-state index contributed by atoms with van der Waals surface area (Å²) < 4.78 is 15.7. The Bertz CT molecular complexity index is 551. The van der Waals surface area contributed by atoms with Crippen LogP contribution in [-0.2, 0) is 7.05 Å². The van der Waals surface area contributed by atoms with Gasteiger partial charge >= 0.3 is 0 Å². The summed E-state index contributed by atoms with van der Waals surface area (Å²) in [5.41, 5.74) is 1.84. The molecule has 0 bridgehead atoms. The van der Waals surface area contributed by atoms with Crippen LogP contribution in [0.4, 0.5) is 4.39 Å². The Balaban J connectivity index is 2.52. The second-order valence-electron chi connectivity index (χ2n) is 3.89. The van der Waals surface area contributed by atoms with Gasteiger partial charge in [-0.1, -0.05) is 17.7 Å². The minimum atomic E-state index is -0.242. The molecule has 1 aromatic carbocycles. The smallest absolute Gasteiger partial charge is 0.124 e. The van der Waals surface area contributed by atoms with Crippen LogP contribution >= 0.6 is 34.2 Å². The first-order chi connectivity index (χ1) is 8.54. The molecule has 1 unspecified atom stereocenters. The van der Waals surface area contributed by atoms with E-state index in [2.05, 4.69) is 33.0 Å². The second kappa shape index (κ2) is 5.54. The van der Waals surface area contributed by atoms with E-state index < -0.39 is 0 Å². The zero-order valence-corrected chi connectivity index (χ0v) is 12.8. The van der Waals surface area contributed by atoms with Gasteiger partial charge < -0.3 is 5.32 Å². The molecule has 0 aliphatic heterocycles. The van der Waals surface area contributed by atoms with Crippen LogP contribution < -0.4 is 5.32 Å². The van der Waals surface area contributed by atoms with Crippen LogP contribution in [0.3, 0.4) is 0 Å². The largest absolute Gasteiger partial charge is 0.308 e. The normalized spacial score (nSPS) is 12.7. The van der Waals surface area contributed by atoms with Gasteiger partial charge in [0, 0.05) is 10.6 Å². The number of aromatic nitrogens is 2. The molecule has 96 valence electrons. The molecule has 3 nitrogen and oxygen atoms in total. The van der Waals surface area contributed by atoms with Gasteiger partial charge in [-0.25, -0.2) is 4.39 Å². The van der Waals surface area contributed by atoms with Crippen molar-refractivity contribution in [2.45, 2.75) is 6.04 Å². The minimum Gasteiger partial charge on any atom is -0.308 e. The minimum absolute atomic E-state index is 0.113. The molecule has 1 aromatic heterocycles. The van der Waals surface area contributed by atoms with E-state index in [1.54, 1.807) is 16.9 Å². The van der Waals surface area contributed by atoms with Gasteiger partial charge in [0.25, 0.3) is 0 Å². The number of benzene rings is 1. The van der Waals surface area contributed by atoms with Crippen LogP contribution in [0.2, 0.25) is 5.02 Å². The highest BCUT2D eigenvalue weighted by Gasteiger charge is 2.21. The lowest BCUT2D eigenvalue weighted by Gasteiger charge is -2.19. The molecule has 0 aliphatic carbocycles. The molecule has 2 aromatic rings. The Kier molecular flexibility index (Phi) is 4.24. The Morgan fingerprint density at radius 3 is 2.72 bits per heavy atom. The highest BCUT2D eigenvalue weighted by atomic mass is 127. The van der Waals surface area contributed by atoms with Crippen molar-refractivity contribution >= 4 is 34.2 Å². The number of rotatable bonds is 3. The summed E-state index contributed by atoms with van der Waals surface area (Å²) in [5, 5.41) is 7.91. The first kappa shape index (κ1) is 13.8. The standard InChI is InChI=1S/C12H12ClFIN3/c1-16-11(12-9(13)6-17-18(12)2)8-4-3-7(14)5-10(8)15/h3-6,11,16H,1-2H3. The number of halogens is 3. The average molecular weight is 380 g/mol. The number of hydrogen-bond acceptors (Lipinski definition) is 2. The lowest BCUT2D eigenvalue weighted by Crippen LogP contribution is -2.22. The molecular formula is C12H12ClFIN3. The highest BCUT2D eigenvalue weighted by molar-refractivity contribution is 14.1. The summed E-state index contributed by atoms with van der Waals surface area (Å²) in [6.07, 6.45) is 1.61. The summed E-state index contributed by atoms with van der Waals surface area (Å²) in [6, 6.07) is 4.61. The molecule has 0 spiro atoms. The predicted molar refractivity (Wildman–Crippen MR) is 78.2 cm³/mol. The maximum atomic E-state index is 13.1. The molecule has 0 saturated carbocycles. The fourth-order valence-electron chi connectivity index (χ4n) is 1.92. The van der Waals surface area contributed by atoms with Crippen LogP contribution in [0.1, 0.15) is 17.3 Å². The molecule has 0 amide bonds. The molecule has 1 heterocycles. The molecule has 0 aliphatic rings. The van der Waals surface area contributed by atoms with Gasteiger partial charge in [0.2, 0.25) is 0 Å². The summed E-state index contributed by atoms with van der Waals surface area (Å²) in [5.74, 6) is -0.242. The lowest BCUT2D eigenvalue weighted by atomic mass is 10.0. The molecule has 2 rings (SSSR count). The second-order valence-corrected chi connectivity index (χ2v) is 5.46. The fraction of sp³-hybridized carbons (Fsp3) is 0.250. The molecular weight excluding hydrogens is 368 g/mol. The number of nitrogens with zero attached hydrogens (tertiary/aromatic N) is 2. The Labute approximate surface area is 123 Å². The van der Waals surface area contributed by atoms with Crippen molar-refractivity contribution in [2.75, 3.05) is 7.05 Å². The van der Waals surface area contributed by atoms with Gasteiger partial charge in [0.1, 0.15) is 5.82 Å². The van der Waals surface area contributed by atoms with E-state index in [9.17, 15) is 4.39 Å². The molecule has 1 N–H and O–H groups in total. The Hall–Kier alpha value is -0.660. The van der Waals surface area contributed by atoms with Crippen molar-refractivity contribution in [3.63, 3.8) is 0 Å². The third-order valence-corrected chi connectivity index (χ3v) is 4.00. The van der Waals surface area contributed by atoms with E-state index in [-0.39, 0.29) is 11.9 Å². The molecule has 6 heteroatoms. The topological polar surface area (TPSA) is 29.9 Å². The molecule has 0 fully saturated rings. The molecule has 18 heavy (non-hydrogen) atoms. The van der Waals surface area contributed by atoms with Gasteiger partial charge in [-0.3, -0.25) is 4.68 Å². The van der Waals surface area contributed by atoms with Crippen LogP contribution in [0.5, 0.6) is 0 Å². The number of hydrogen-bond donors (Lipinski definition) is 1. The average Bonchev–Trinajstić information content (AvgIpc) is 2.64. The van der Waals surface area contributed by atoms with Crippen LogP contribution in [0, 0.1) is 9.39 Å². The van der Waals surface area contributed by atoms with Crippen molar-refractivity contribution in [2.24, 2.45) is 7.05 Å². The fourth-order valence-corrected chi connectivity index (χ4v) is 2.98. The summed E-state index contributed by atoms with van der Waals surface area (Å²) >= 11 is 8.27. The highest BCUT2D eigenvalue weighted by Crippen LogP contribution is 2.30. The van der Waals surface area contributed by atoms with Crippen LogP contribution in [0.25, 0.3) is 0 Å². The summed E-state index contributed by atoms with van der Waals surface area (Å²) in [7, 11) is 3.68. The van der Waals surface area contributed by atoms with Gasteiger partial charge in [-0.2, -0.15) is 5.10 Å². The van der Waals surface area contributed by atoms with E-state index in [1.165, 1.54) is 12.1 Å². The maximum Gasteiger partial charge on any atom is 0.124 e. The molecule has 0 saturated heterocycles. The molecule has 0 radical (unpaired) electrons. The van der Waals surface area contributed by atoms with Crippen molar-refractivity contribution in [3.8, 4) is 0 Å². The van der Waals surface area contributed by atoms with E-state index in [0.717, 1.165) is 14.8 Å². The maximum absolute atomic E-state index is 13.1. The predicted octanol–water partition coefficient (Wildman–Crippen LogP) is 3.13. The van der Waals surface area contributed by atoms with E-state index in [1.807, 2.05) is 14.1 Å². The van der Waals surface area contributed by atoms with E-state index in [0.29, 0.717) is 5.02 Å². The van der Waals surface area contributed by atoms with Gasteiger partial charge in [-0.15, -0.1) is 0 Å². The van der Waals surface area contributed by atoms with Crippen LogP contribution in [0.15, 0.2) is 24.4 Å². The Morgan fingerprint density at radius 2 is 2.22 bits per heavy atom. The first-order valence-corrected chi connectivity index (χ1v) is 6.80. The van der Waals surface area contributed by atoms with E-state index in [4.69, 9.17) is 11.6 Å².